The first-order valence-electron chi connectivity index (χ1n) is 9.10. The average molecular weight is 389 g/mol. The molecule has 0 unspecified atom stereocenters. The second kappa shape index (κ2) is 8.93. The molecule has 2 N–H and O–H groups in total. The van der Waals surface area contributed by atoms with Crippen molar-refractivity contribution < 1.29 is 14.3 Å². The molecule has 0 aliphatic carbocycles. The van der Waals surface area contributed by atoms with Gasteiger partial charge in [-0.1, -0.05) is 6.07 Å². The van der Waals surface area contributed by atoms with E-state index in [9.17, 15) is 9.59 Å². The molecule has 2 amide bonds. The van der Waals surface area contributed by atoms with Crippen molar-refractivity contribution in [3.8, 4) is 5.75 Å². The first kappa shape index (κ1) is 19.9. The summed E-state index contributed by atoms with van der Waals surface area (Å²) < 4.78 is 5.10. The SMILES string of the molecule is COc1ccc(NC(=O)c2ccc(NC(=O)c3cccc(N(C)C)c3)cc2)cc1. The van der Waals surface area contributed by atoms with Crippen LogP contribution in [-0.4, -0.2) is 33.0 Å². The van der Waals surface area contributed by atoms with Crippen molar-refractivity contribution in [3.63, 3.8) is 0 Å². The second-order valence-corrected chi connectivity index (χ2v) is 6.66. The van der Waals surface area contributed by atoms with Gasteiger partial charge in [-0.3, -0.25) is 9.59 Å². The minimum absolute atomic E-state index is 0.205. The largest absolute Gasteiger partial charge is 0.497 e. The van der Waals surface area contributed by atoms with Crippen LogP contribution in [0.15, 0.2) is 72.8 Å². The van der Waals surface area contributed by atoms with E-state index in [1.807, 2.05) is 37.2 Å². The molecule has 0 bridgehead atoms. The maximum atomic E-state index is 12.5. The average Bonchev–Trinajstić information content (AvgIpc) is 2.74. The highest BCUT2D eigenvalue weighted by molar-refractivity contribution is 6.06. The molecule has 0 atom stereocenters. The van der Waals surface area contributed by atoms with Crippen LogP contribution in [0.1, 0.15) is 20.7 Å². The molecule has 0 aliphatic rings. The van der Waals surface area contributed by atoms with E-state index >= 15 is 0 Å². The van der Waals surface area contributed by atoms with Crippen LogP contribution >= 0.6 is 0 Å². The summed E-state index contributed by atoms with van der Waals surface area (Å²) in [6.45, 7) is 0. The topological polar surface area (TPSA) is 70.7 Å². The van der Waals surface area contributed by atoms with Gasteiger partial charge in [0.25, 0.3) is 11.8 Å². The van der Waals surface area contributed by atoms with Gasteiger partial charge in [0, 0.05) is 42.3 Å². The summed E-state index contributed by atoms with van der Waals surface area (Å²) in [7, 11) is 5.44. The number of rotatable bonds is 6. The number of nitrogens with zero attached hydrogens (tertiary/aromatic N) is 1. The number of ether oxygens (including phenoxy) is 1. The number of nitrogens with one attached hydrogen (secondary N) is 2. The minimum Gasteiger partial charge on any atom is -0.497 e. The third-order valence-corrected chi connectivity index (χ3v) is 4.38. The number of hydrogen-bond acceptors (Lipinski definition) is 4. The van der Waals surface area contributed by atoms with Crippen LogP contribution in [-0.2, 0) is 0 Å². The highest BCUT2D eigenvalue weighted by atomic mass is 16.5. The van der Waals surface area contributed by atoms with Crippen LogP contribution in [0, 0.1) is 0 Å². The number of carbonyl (C=O) groups is 2. The van der Waals surface area contributed by atoms with Crippen LogP contribution in [0.5, 0.6) is 5.75 Å². The Morgan fingerprint density at radius 1 is 0.759 bits per heavy atom. The molecular formula is C23H23N3O3. The zero-order valence-electron chi connectivity index (χ0n) is 16.6. The van der Waals surface area contributed by atoms with Crippen LogP contribution in [0.25, 0.3) is 0 Å². The Balaban J connectivity index is 1.64. The van der Waals surface area contributed by atoms with E-state index in [4.69, 9.17) is 4.74 Å². The summed E-state index contributed by atoms with van der Waals surface area (Å²) in [6, 6.07) is 21.2. The van der Waals surface area contributed by atoms with Gasteiger partial charge >= 0.3 is 0 Å². The maximum absolute atomic E-state index is 12.5. The predicted octanol–water partition coefficient (Wildman–Crippen LogP) is 4.27. The third-order valence-electron chi connectivity index (χ3n) is 4.38. The lowest BCUT2D eigenvalue weighted by Gasteiger charge is -2.13. The van der Waals surface area contributed by atoms with Gasteiger partial charge in [0.05, 0.1) is 7.11 Å². The van der Waals surface area contributed by atoms with E-state index in [1.54, 1.807) is 61.7 Å². The summed E-state index contributed by atoms with van der Waals surface area (Å²) in [5, 5.41) is 5.68. The van der Waals surface area contributed by atoms with Crippen LogP contribution in [0.3, 0.4) is 0 Å². The molecule has 6 nitrogen and oxygen atoms in total. The fourth-order valence-corrected chi connectivity index (χ4v) is 2.71. The van der Waals surface area contributed by atoms with E-state index in [0.717, 1.165) is 11.4 Å². The smallest absolute Gasteiger partial charge is 0.255 e. The molecule has 148 valence electrons. The summed E-state index contributed by atoms with van der Waals surface area (Å²) in [5.74, 6) is 0.287. The molecule has 29 heavy (non-hydrogen) atoms. The number of hydrogen-bond donors (Lipinski definition) is 2. The normalized spacial score (nSPS) is 10.2. The standard InChI is InChI=1S/C23H23N3O3/c1-26(2)20-6-4-5-17(15-20)23(28)25-18-9-7-16(8-10-18)22(27)24-19-11-13-21(29-3)14-12-19/h4-15H,1-3H3,(H,24,27)(H,25,28). The van der Waals surface area contributed by atoms with Gasteiger partial charge in [-0.25, -0.2) is 0 Å². The number of carbonyl (C=O) groups excluding carboxylic acids is 2. The molecule has 3 aromatic carbocycles. The Morgan fingerprint density at radius 3 is 1.86 bits per heavy atom. The van der Waals surface area contributed by atoms with Crippen molar-refractivity contribution >= 4 is 28.9 Å². The summed E-state index contributed by atoms with van der Waals surface area (Å²) in [4.78, 5) is 26.8. The highest BCUT2D eigenvalue weighted by Gasteiger charge is 2.10. The highest BCUT2D eigenvalue weighted by Crippen LogP contribution is 2.18. The Labute approximate surface area is 170 Å². The molecule has 3 rings (SSSR count). The molecule has 0 radical (unpaired) electrons. The van der Waals surface area contributed by atoms with Gasteiger partial charge in [0.2, 0.25) is 0 Å². The van der Waals surface area contributed by atoms with Crippen molar-refractivity contribution in [2.45, 2.75) is 0 Å². The van der Waals surface area contributed by atoms with E-state index in [2.05, 4.69) is 10.6 Å². The van der Waals surface area contributed by atoms with Crippen molar-refractivity contribution in [2.75, 3.05) is 36.7 Å². The summed E-state index contributed by atoms with van der Waals surface area (Å²) >= 11 is 0. The second-order valence-electron chi connectivity index (χ2n) is 6.66. The lowest BCUT2D eigenvalue weighted by Crippen LogP contribution is -2.15. The molecule has 0 spiro atoms. The van der Waals surface area contributed by atoms with Crippen LogP contribution < -0.4 is 20.3 Å². The number of anilines is 3. The van der Waals surface area contributed by atoms with E-state index in [0.29, 0.717) is 22.5 Å². The molecular weight excluding hydrogens is 366 g/mol. The number of amides is 2. The first-order chi connectivity index (χ1) is 14.0. The predicted molar refractivity (Wildman–Crippen MR) is 116 cm³/mol. The van der Waals surface area contributed by atoms with E-state index in [1.165, 1.54) is 0 Å². The van der Waals surface area contributed by atoms with Crippen molar-refractivity contribution in [3.05, 3.63) is 83.9 Å². The maximum Gasteiger partial charge on any atom is 0.255 e. The van der Waals surface area contributed by atoms with Gasteiger partial charge in [-0.05, 0) is 66.7 Å². The number of methoxy groups -OCH3 is 1. The molecule has 3 aromatic rings. The molecule has 0 aromatic heterocycles. The van der Waals surface area contributed by atoms with Crippen LogP contribution in [0.4, 0.5) is 17.1 Å². The third kappa shape index (κ3) is 5.13. The summed E-state index contributed by atoms with van der Waals surface area (Å²) in [6.07, 6.45) is 0. The quantitative estimate of drug-likeness (QED) is 0.661. The van der Waals surface area contributed by atoms with Crippen molar-refractivity contribution in [1.29, 1.82) is 0 Å². The van der Waals surface area contributed by atoms with Crippen molar-refractivity contribution in [1.82, 2.24) is 0 Å². The van der Waals surface area contributed by atoms with Gasteiger partial charge in [0.15, 0.2) is 0 Å². The molecule has 0 heterocycles. The Kier molecular flexibility index (Phi) is 6.14. The van der Waals surface area contributed by atoms with E-state index < -0.39 is 0 Å². The van der Waals surface area contributed by atoms with Gasteiger partial charge in [-0.15, -0.1) is 0 Å². The molecule has 0 saturated carbocycles. The minimum atomic E-state index is -0.230. The lowest BCUT2D eigenvalue weighted by molar-refractivity contribution is 0.102. The molecule has 0 aliphatic heterocycles. The van der Waals surface area contributed by atoms with Gasteiger partial charge in [-0.2, -0.15) is 0 Å². The Hall–Kier alpha value is -3.80. The van der Waals surface area contributed by atoms with Gasteiger partial charge in [0.1, 0.15) is 5.75 Å². The molecule has 6 heteroatoms. The first-order valence-corrected chi connectivity index (χ1v) is 9.10. The Bertz CT molecular complexity index is 997. The monoisotopic (exact) mass is 389 g/mol. The number of benzene rings is 3. The zero-order valence-corrected chi connectivity index (χ0v) is 16.6. The lowest BCUT2D eigenvalue weighted by atomic mass is 10.1. The van der Waals surface area contributed by atoms with Gasteiger partial charge < -0.3 is 20.3 Å². The van der Waals surface area contributed by atoms with Crippen LogP contribution in [0.2, 0.25) is 0 Å². The Morgan fingerprint density at radius 2 is 1.31 bits per heavy atom. The fraction of sp³-hybridized carbons (Fsp3) is 0.130. The molecule has 0 saturated heterocycles. The zero-order chi connectivity index (χ0) is 20.8. The van der Waals surface area contributed by atoms with Crippen molar-refractivity contribution in [2.24, 2.45) is 0 Å². The fourth-order valence-electron chi connectivity index (χ4n) is 2.71. The molecule has 0 fully saturated rings. The van der Waals surface area contributed by atoms with E-state index in [-0.39, 0.29) is 11.8 Å². The summed E-state index contributed by atoms with van der Waals surface area (Å²) in [5.41, 5.74) is 3.30.